The molecule has 0 spiro atoms. The summed E-state index contributed by atoms with van der Waals surface area (Å²) in [7, 11) is 0. The van der Waals surface area contributed by atoms with Crippen molar-refractivity contribution in [1.29, 1.82) is 0 Å². The number of nitrogens with one attached hydrogen (secondary N) is 3. The van der Waals surface area contributed by atoms with E-state index in [1.165, 1.54) is 18.3 Å². The summed E-state index contributed by atoms with van der Waals surface area (Å²) in [5.74, 6) is -0.257. The van der Waals surface area contributed by atoms with Crippen molar-refractivity contribution in [2.45, 2.75) is 13.3 Å². The van der Waals surface area contributed by atoms with Gasteiger partial charge in [-0.3, -0.25) is 9.59 Å². The van der Waals surface area contributed by atoms with Crippen LogP contribution >= 0.6 is 11.3 Å². The average molecular weight is 390 g/mol. The summed E-state index contributed by atoms with van der Waals surface area (Å²) in [4.78, 5) is 31.2. The number of aromatic nitrogens is 2. The normalized spacial score (nSPS) is 10.8. The van der Waals surface area contributed by atoms with Crippen molar-refractivity contribution < 1.29 is 9.59 Å². The summed E-state index contributed by atoms with van der Waals surface area (Å²) < 4.78 is 0. The zero-order chi connectivity index (χ0) is 19.5. The fourth-order valence-corrected chi connectivity index (χ4v) is 3.72. The Morgan fingerprint density at radius 1 is 1.07 bits per heavy atom. The van der Waals surface area contributed by atoms with E-state index in [9.17, 15) is 9.59 Å². The lowest BCUT2D eigenvalue weighted by Gasteiger charge is -2.05. The third kappa shape index (κ3) is 3.94. The molecule has 0 saturated heterocycles. The maximum Gasteiger partial charge on any atom is 0.230 e. The topological polar surface area (TPSA) is 86.9 Å². The largest absolute Gasteiger partial charge is 0.360 e. The number of anilines is 2. The first-order valence-electron chi connectivity index (χ1n) is 8.77. The number of para-hydroxylation sites is 1. The third-order valence-corrected chi connectivity index (χ3v) is 5.01. The van der Waals surface area contributed by atoms with E-state index in [0.29, 0.717) is 10.8 Å². The van der Waals surface area contributed by atoms with Gasteiger partial charge in [-0.15, -0.1) is 11.3 Å². The summed E-state index contributed by atoms with van der Waals surface area (Å²) in [6.07, 6.45) is 2.17. The van der Waals surface area contributed by atoms with Gasteiger partial charge in [-0.05, 0) is 23.8 Å². The van der Waals surface area contributed by atoms with Crippen molar-refractivity contribution in [3.63, 3.8) is 0 Å². The molecule has 2 amide bonds. The Balaban J connectivity index is 1.42. The van der Waals surface area contributed by atoms with Gasteiger partial charge in [-0.1, -0.05) is 30.3 Å². The number of carbonyl (C=O) groups is 2. The number of nitrogens with zero attached hydrogens (tertiary/aromatic N) is 1. The Bertz CT molecular complexity index is 1140. The molecular weight excluding hydrogens is 372 g/mol. The van der Waals surface area contributed by atoms with Gasteiger partial charge in [0.25, 0.3) is 0 Å². The summed E-state index contributed by atoms with van der Waals surface area (Å²) in [6, 6.07) is 15.2. The molecule has 0 aliphatic heterocycles. The molecule has 2 heterocycles. The van der Waals surface area contributed by atoms with Gasteiger partial charge < -0.3 is 15.6 Å². The number of rotatable bonds is 5. The molecule has 28 heavy (non-hydrogen) atoms. The minimum absolute atomic E-state index is 0.125. The lowest BCUT2D eigenvalue weighted by molar-refractivity contribution is -0.116. The second kappa shape index (κ2) is 7.66. The van der Waals surface area contributed by atoms with Crippen molar-refractivity contribution in [3.8, 4) is 11.3 Å². The van der Waals surface area contributed by atoms with E-state index >= 15 is 0 Å². The first kappa shape index (κ1) is 17.9. The minimum atomic E-state index is -0.132. The maximum atomic E-state index is 12.3. The summed E-state index contributed by atoms with van der Waals surface area (Å²) in [5.41, 5.74) is 4.47. The fraction of sp³-hybridized carbons (Fsp3) is 0.0952. The van der Waals surface area contributed by atoms with Crippen LogP contribution in [0.5, 0.6) is 0 Å². The zero-order valence-corrected chi connectivity index (χ0v) is 16.0. The second-order valence-electron chi connectivity index (χ2n) is 6.39. The first-order valence-corrected chi connectivity index (χ1v) is 9.65. The van der Waals surface area contributed by atoms with Crippen molar-refractivity contribution in [2.75, 3.05) is 10.6 Å². The van der Waals surface area contributed by atoms with Gasteiger partial charge in [0.15, 0.2) is 5.13 Å². The number of amides is 2. The van der Waals surface area contributed by atoms with Crippen LogP contribution in [0.15, 0.2) is 60.1 Å². The van der Waals surface area contributed by atoms with Gasteiger partial charge in [-0.2, -0.15) is 0 Å². The molecule has 0 fully saturated rings. The number of hydrogen-bond donors (Lipinski definition) is 3. The molecule has 0 aliphatic rings. The summed E-state index contributed by atoms with van der Waals surface area (Å²) >= 11 is 1.40. The van der Waals surface area contributed by atoms with E-state index in [-0.39, 0.29) is 18.2 Å². The van der Waals surface area contributed by atoms with Crippen LogP contribution in [0, 0.1) is 0 Å². The Labute approximate surface area is 165 Å². The van der Waals surface area contributed by atoms with Crippen molar-refractivity contribution in [3.05, 3.63) is 65.7 Å². The molecule has 140 valence electrons. The third-order valence-electron chi connectivity index (χ3n) is 4.25. The molecule has 0 bridgehead atoms. The molecule has 0 saturated carbocycles. The van der Waals surface area contributed by atoms with Crippen LogP contribution in [-0.4, -0.2) is 21.8 Å². The number of hydrogen-bond acceptors (Lipinski definition) is 4. The lowest BCUT2D eigenvalue weighted by Crippen LogP contribution is -2.14. The Hall–Kier alpha value is -3.45. The van der Waals surface area contributed by atoms with Crippen LogP contribution in [0.2, 0.25) is 0 Å². The molecule has 0 unspecified atom stereocenters. The Kier molecular flexibility index (Phi) is 4.90. The van der Waals surface area contributed by atoms with Crippen LogP contribution in [0.4, 0.5) is 10.8 Å². The fourth-order valence-electron chi connectivity index (χ4n) is 3.00. The number of thiazole rings is 1. The molecule has 0 radical (unpaired) electrons. The maximum absolute atomic E-state index is 12.3. The predicted molar refractivity (Wildman–Crippen MR) is 112 cm³/mol. The molecule has 3 N–H and O–H groups in total. The number of aromatic amines is 1. The summed E-state index contributed by atoms with van der Waals surface area (Å²) in [6.45, 7) is 1.46. The molecule has 4 rings (SSSR count). The van der Waals surface area contributed by atoms with E-state index in [2.05, 4.69) is 20.6 Å². The lowest BCUT2D eigenvalue weighted by atomic mass is 10.1. The quantitative estimate of drug-likeness (QED) is 0.471. The highest BCUT2D eigenvalue weighted by Gasteiger charge is 2.12. The number of benzene rings is 2. The number of H-pyrrole nitrogens is 1. The Morgan fingerprint density at radius 3 is 2.64 bits per heavy atom. The first-order chi connectivity index (χ1) is 13.6. The minimum Gasteiger partial charge on any atom is -0.360 e. The molecule has 0 aliphatic carbocycles. The van der Waals surface area contributed by atoms with E-state index in [0.717, 1.165) is 27.7 Å². The average Bonchev–Trinajstić information content (AvgIpc) is 3.29. The molecule has 6 nitrogen and oxygen atoms in total. The summed E-state index contributed by atoms with van der Waals surface area (Å²) in [5, 5.41) is 9.17. The van der Waals surface area contributed by atoms with Gasteiger partial charge in [0.1, 0.15) is 0 Å². The molecule has 4 aromatic rings. The number of fused-ring (bicyclic) bond motifs is 1. The highest BCUT2D eigenvalue weighted by molar-refractivity contribution is 7.14. The molecular formula is C21H18N4O2S. The smallest absolute Gasteiger partial charge is 0.230 e. The van der Waals surface area contributed by atoms with Gasteiger partial charge in [0, 0.05) is 40.7 Å². The molecule has 2 aromatic heterocycles. The van der Waals surface area contributed by atoms with E-state index in [4.69, 9.17) is 0 Å². The van der Waals surface area contributed by atoms with Crippen molar-refractivity contribution in [2.24, 2.45) is 0 Å². The highest BCUT2D eigenvalue weighted by atomic mass is 32.1. The highest BCUT2D eigenvalue weighted by Crippen LogP contribution is 2.30. The standard InChI is InChI=1S/C21H18N4O2S/c1-13(26)23-15-8-6-14(7-9-15)10-20(27)25-21-24-19(12-28-21)17-11-22-18-5-3-2-4-16(17)18/h2-9,11-12,22H,10H2,1H3,(H,23,26)(H,24,25,27). The van der Waals surface area contributed by atoms with E-state index < -0.39 is 0 Å². The van der Waals surface area contributed by atoms with Crippen molar-refractivity contribution in [1.82, 2.24) is 9.97 Å². The molecule has 0 atom stereocenters. The number of carbonyl (C=O) groups excluding carboxylic acids is 2. The van der Waals surface area contributed by atoms with E-state index in [1.54, 1.807) is 12.1 Å². The second-order valence-corrected chi connectivity index (χ2v) is 7.25. The van der Waals surface area contributed by atoms with Crippen LogP contribution in [0.3, 0.4) is 0 Å². The van der Waals surface area contributed by atoms with Crippen LogP contribution in [0.25, 0.3) is 22.2 Å². The van der Waals surface area contributed by atoms with Crippen molar-refractivity contribution >= 4 is 44.9 Å². The molecule has 2 aromatic carbocycles. The van der Waals surface area contributed by atoms with Crippen LogP contribution < -0.4 is 10.6 Å². The SMILES string of the molecule is CC(=O)Nc1ccc(CC(=O)Nc2nc(-c3c[nH]c4ccccc34)cs2)cc1. The van der Waals surface area contributed by atoms with Gasteiger partial charge in [0.05, 0.1) is 12.1 Å². The predicted octanol–water partition coefficient (Wildman–Crippen LogP) is 4.43. The Morgan fingerprint density at radius 2 is 1.86 bits per heavy atom. The zero-order valence-electron chi connectivity index (χ0n) is 15.2. The van der Waals surface area contributed by atoms with E-state index in [1.807, 2.05) is 48.0 Å². The molecule has 7 heteroatoms. The van der Waals surface area contributed by atoms with Gasteiger partial charge >= 0.3 is 0 Å². The van der Waals surface area contributed by atoms with Crippen LogP contribution in [0.1, 0.15) is 12.5 Å². The van der Waals surface area contributed by atoms with Gasteiger partial charge in [0.2, 0.25) is 11.8 Å². The van der Waals surface area contributed by atoms with Crippen LogP contribution in [-0.2, 0) is 16.0 Å². The monoisotopic (exact) mass is 390 g/mol. The van der Waals surface area contributed by atoms with Gasteiger partial charge in [-0.25, -0.2) is 4.98 Å².